The van der Waals surface area contributed by atoms with Gasteiger partial charge >= 0.3 is 0 Å². The van der Waals surface area contributed by atoms with Crippen molar-refractivity contribution in [2.24, 2.45) is 0 Å². The molecule has 1 aliphatic carbocycles. The second-order valence-electron chi connectivity index (χ2n) is 7.64. The van der Waals surface area contributed by atoms with E-state index in [1.54, 1.807) is 0 Å². The molecule has 0 atom stereocenters. The summed E-state index contributed by atoms with van der Waals surface area (Å²) in [5.41, 5.74) is 1.65. The minimum absolute atomic E-state index is 0.253. The van der Waals surface area contributed by atoms with Gasteiger partial charge in [0.25, 0.3) is 0 Å². The highest BCUT2D eigenvalue weighted by molar-refractivity contribution is 6.32. The smallest absolute Gasteiger partial charge is 0.154 e. The third-order valence-electron chi connectivity index (χ3n) is 4.41. The van der Waals surface area contributed by atoms with Crippen molar-refractivity contribution >= 4 is 17.1 Å². The van der Waals surface area contributed by atoms with E-state index >= 15 is 0 Å². The summed E-state index contributed by atoms with van der Waals surface area (Å²) in [4.78, 5) is 9.01. The molecule has 1 aliphatic rings. The Bertz CT molecular complexity index is 739. The zero-order chi connectivity index (χ0) is 17.3. The lowest BCUT2D eigenvalue weighted by atomic mass is 9.88. The second kappa shape index (κ2) is 6.75. The van der Waals surface area contributed by atoms with Crippen molar-refractivity contribution in [1.82, 2.24) is 14.4 Å². The summed E-state index contributed by atoms with van der Waals surface area (Å²) in [6, 6.07) is 0. The normalized spacial score (nSPS) is 16.5. The number of hydrogen-bond donors (Lipinski definition) is 0. The first-order valence-corrected chi connectivity index (χ1v) is 9.10. The number of rotatable bonds is 4. The topological polar surface area (TPSA) is 39.4 Å². The summed E-state index contributed by atoms with van der Waals surface area (Å²) in [6.07, 6.45) is 10.5. The lowest BCUT2D eigenvalue weighted by molar-refractivity contribution is 0.0497. The Kier molecular flexibility index (Phi) is 4.86. The highest BCUT2D eigenvalue weighted by atomic mass is 35.5. The van der Waals surface area contributed by atoms with Gasteiger partial charge in [-0.1, -0.05) is 37.4 Å². The fourth-order valence-corrected chi connectivity index (χ4v) is 3.70. The molecule has 2 heterocycles. The van der Waals surface area contributed by atoms with Gasteiger partial charge < -0.3 is 4.74 Å². The number of fused-ring (bicyclic) bond motifs is 1. The van der Waals surface area contributed by atoms with Crippen molar-refractivity contribution in [2.75, 3.05) is 0 Å². The summed E-state index contributed by atoms with van der Waals surface area (Å²) < 4.78 is 8.06. The van der Waals surface area contributed by atoms with Crippen LogP contribution in [0.4, 0.5) is 0 Å². The van der Waals surface area contributed by atoms with Gasteiger partial charge in [-0.05, 0) is 33.6 Å². The van der Waals surface area contributed by atoms with Crippen LogP contribution in [-0.4, -0.2) is 20.0 Å². The maximum Gasteiger partial charge on any atom is 0.154 e. The standard InChI is InChI=1S/C19H26ClN3O/c1-13(24-19(2,3)4)10-15-11-21-17(20)16-12-22-18(23(15)16)14-8-6-5-7-9-14/h11-12,14H,1,5-10H2,2-4H3. The third kappa shape index (κ3) is 3.75. The Morgan fingerprint density at radius 2 is 1.96 bits per heavy atom. The number of allylic oxidation sites excluding steroid dienone is 1. The van der Waals surface area contributed by atoms with Gasteiger partial charge in [0.15, 0.2) is 5.15 Å². The van der Waals surface area contributed by atoms with Crippen LogP contribution in [0.5, 0.6) is 0 Å². The van der Waals surface area contributed by atoms with Crippen molar-refractivity contribution < 1.29 is 4.74 Å². The first-order valence-electron chi connectivity index (χ1n) is 8.72. The predicted molar refractivity (Wildman–Crippen MR) is 97.5 cm³/mol. The fraction of sp³-hybridized carbons (Fsp3) is 0.579. The van der Waals surface area contributed by atoms with Crippen LogP contribution in [0.25, 0.3) is 5.52 Å². The van der Waals surface area contributed by atoms with E-state index < -0.39 is 0 Å². The van der Waals surface area contributed by atoms with Gasteiger partial charge in [0.2, 0.25) is 0 Å². The molecule has 4 nitrogen and oxygen atoms in total. The second-order valence-corrected chi connectivity index (χ2v) is 8.00. The van der Waals surface area contributed by atoms with Crippen LogP contribution in [0, 0.1) is 0 Å². The van der Waals surface area contributed by atoms with Crippen molar-refractivity contribution in [3.8, 4) is 0 Å². The maximum atomic E-state index is 6.30. The molecule has 24 heavy (non-hydrogen) atoms. The predicted octanol–water partition coefficient (Wildman–Crippen LogP) is 5.30. The quantitative estimate of drug-likeness (QED) is 0.704. The summed E-state index contributed by atoms with van der Waals surface area (Å²) in [5.74, 6) is 2.33. The number of imidazole rings is 1. The number of halogens is 1. The van der Waals surface area contributed by atoms with E-state index in [1.165, 1.54) is 32.1 Å². The van der Waals surface area contributed by atoms with E-state index in [0.29, 0.717) is 17.5 Å². The Balaban J connectivity index is 1.96. The largest absolute Gasteiger partial charge is 0.493 e. The highest BCUT2D eigenvalue weighted by Gasteiger charge is 2.23. The van der Waals surface area contributed by atoms with Crippen molar-refractivity contribution in [3.05, 3.63) is 41.4 Å². The molecule has 0 bridgehead atoms. The molecule has 0 amide bonds. The van der Waals surface area contributed by atoms with Crippen LogP contribution in [0.3, 0.4) is 0 Å². The minimum Gasteiger partial charge on any atom is -0.493 e. The third-order valence-corrected chi connectivity index (χ3v) is 4.70. The van der Waals surface area contributed by atoms with Gasteiger partial charge in [-0.2, -0.15) is 0 Å². The SMILES string of the molecule is C=C(Cc1cnc(Cl)c2cnc(C3CCCCC3)n12)OC(C)(C)C. The zero-order valence-electron chi connectivity index (χ0n) is 14.8. The van der Waals surface area contributed by atoms with Gasteiger partial charge in [-0.25, -0.2) is 9.97 Å². The molecule has 0 N–H and O–H groups in total. The average molecular weight is 348 g/mol. The lowest BCUT2D eigenvalue weighted by Gasteiger charge is -2.24. The van der Waals surface area contributed by atoms with E-state index in [4.69, 9.17) is 21.3 Å². The Hall–Kier alpha value is -1.55. The van der Waals surface area contributed by atoms with E-state index in [2.05, 4.69) is 16.0 Å². The lowest BCUT2D eigenvalue weighted by Crippen LogP contribution is -2.20. The van der Waals surface area contributed by atoms with Gasteiger partial charge in [0, 0.05) is 18.5 Å². The van der Waals surface area contributed by atoms with Gasteiger partial charge in [0.05, 0.1) is 17.6 Å². The Labute approximate surface area is 148 Å². The maximum absolute atomic E-state index is 6.30. The van der Waals surface area contributed by atoms with Crippen LogP contribution in [0.15, 0.2) is 24.7 Å². The first kappa shape index (κ1) is 17.3. The zero-order valence-corrected chi connectivity index (χ0v) is 15.6. The minimum atomic E-state index is -0.253. The molecule has 0 unspecified atom stereocenters. The molecule has 1 fully saturated rings. The Morgan fingerprint density at radius 1 is 1.25 bits per heavy atom. The molecule has 0 radical (unpaired) electrons. The Morgan fingerprint density at radius 3 is 2.62 bits per heavy atom. The van der Waals surface area contributed by atoms with E-state index in [0.717, 1.165) is 22.8 Å². The molecule has 0 saturated heterocycles. The van der Waals surface area contributed by atoms with Crippen molar-refractivity contribution in [1.29, 1.82) is 0 Å². The summed E-state index contributed by atoms with van der Waals surface area (Å²) in [6.45, 7) is 10.2. The summed E-state index contributed by atoms with van der Waals surface area (Å²) in [5, 5.41) is 0.496. The van der Waals surface area contributed by atoms with Crippen LogP contribution in [0.2, 0.25) is 5.15 Å². The van der Waals surface area contributed by atoms with Crippen molar-refractivity contribution in [3.63, 3.8) is 0 Å². The molecule has 130 valence electrons. The van der Waals surface area contributed by atoms with Gasteiger partial charge in [0.1, 0.15) is 16.9 Å². The summed E-state index contributed by atoms with van der Waals surface area (Å²) in [7, 11) is 0. The van der Waals surface area contributed by atoms with Crippen molar-refractivity contribution in [2.45, 2.75) is 70.8 Å². The molecule has 2 aromatic heterocycles. The van der Waals surface area contributed by atoms with Crippen LogP contribution < -0.4 is 0 Å². The van der Waals surface area contributed by atoms with E-state index in [9.17, 15) is 0 Å². The molecule has 2 aromatic rings. The number of aromatic nitrogens is 3. The van der Waals surface area contributed by atoms with E-state index in [1.807, 2.05) is 33.2 Å². The summed E-state index contributed by atoms with van der Waals surface area (Å²) >= 11 is 6.30. The van der Waals surface area contributed by atoms with Crippen LogP contribution >= 0.6 is 11.6 Å². The molecule has 5 heteroatoms. The highest BCUT2D eigenvalue weighted by Crippen LogP contribution is 2.34. The number of nitrogens with zero attached hydrogens (tertiary/aromatic N) is 3. The molecule has 0 aliphatic heterocycles. The monoisotopic (exact) mass is 347 g/mol. The molecule has 0 spiro atoms. The first-order chi connectivity index (χ1) is 11.3. The van der Waals surface area contributed by atoms with E-state index in [-0.39, 0.29) is 5.60 Å². The molecule has 1 saturated carbocycles. The van der Waals surface area contributed by atoms with Crippen LogP contribution in [-0.2, 0) is 11.2 Å². The molecular formula is C19H26ClN3O. The van der Waals surface area contributed by atoms with Gasteiger partial charge in [-0.3, -0.25) is 4.40 Å². The molecular weight excluding hydrogens is 322 g/mol. The van der Waals surface area contributed by atoms with Crippen LogP contribution in [0.1, 0.15) is 70.3 Å². The fourth-order valence-electron chi connectivity index (χ4n) is 3.51. The molecule has 0 aromatic carbocycles. The van der Waals surface area contributed by atoms with Gasteiger partial charge in [-0.15, -0.1) is 0 Å². The molecule has 3 rings (SSSR count). The number of ether oxygens (including phenoxy) is 1. The number of hydrogen-bond acceptors (Lipinski definition) is 3. The average Bonchev–Trinajstić information content (AvgIpc) is 2.95.